The zero-order valence-electron chi connectivity index (χ0n) is 49.9. The molecule has 0 spiro atoms. The zero-order chi connectivity index (χ0) is 57.4. The molecule has 0 aromatic heterocycles. The Balaban J connectivity index is 0.000000281. The summed E-state index contributed by atoms with van der Waals surface area (Å²) in [6, 6.07) is 38.8. The van der Waals surface area contributed by atoms with Crippen LogP contribution in [0.2, 0.25) is 0 Å². The van der Waals surface area contributed by atoms with Gasteiger partial charge in [0, 0.05) is 0 Å². The van der Waals surface area contributed by atoms with Gasteiger partial charge in [-0.1, -0.05) is 172 Å². The summed E-state index contributed by atoms with van der Waals surface area (Å²) >= 11 is 0. The van der Waals surface area contributed by atoms with Gasteiger partial charge >= 0.3 is 23.9 Å². The minimum Gasteiger partial charge on any atom is -0.494 e. The molecule has 5 aromatic rings. The van der Waals surface area contributed by atoms with E-state index < -0.39 is 24.0 Å². The summed E-state index contributed by atoms with van der Waals surface area (Å²) in [7, 11) is 0. The van der Waals surface area contributed by atoms with Gasteiger partial charge in [0.2, 0.25) is 0 Å². The van der Waals surface area contributed by atoms with Crippen molar-refractivity contribution in [3.63, 3.8) is 0 Å². The minimum absolute atomic E-state index is 0.0437. The van der Waals surface area contributed by atoms with Gasteiger partial charge in [0.25, 0.3) is 0 Å². The maximum atomic E-state index is 13.3. The quantitative estimate of drug-likeness (QED) is 0.0185. The Hall–Kier alpha value is -6.22. The summed E-state index contributed by atoms with van der Waals surface area (Å²) in [4.78, 5) is 51.1. The molecule has 9 heteroatoms. The van der Waals surface area contributed by atoms with Crippen LogP contribution in [0.25, 0.3) is 0 Å². The van der Waals surface area contributed by atoms with Gasteiger partial charge in [0.05, 0.1) is 35.0 Å². The van der Waals surface area contributed by atoms with Crippen LogP contribution < -0.4 is 9.47 Å². The fourth-order valence-corrected chi connectivity index (χ4v) is 11.4. The second-order valence-corrected chi connectivity index (χ2v) is 23.0. The molecular weight excluding hydrogens is 1010 g/mol. The van der Waals surface area contributed by atoms with E-state index in [2.05, 4.69) is 52.0 Å². The average Bonchev–Trinajstić information content (AvgIpc) is 3.53. The molecule has 2 aliphatic rings. The third-order valence-electron chi connectivity index (χ3n) is 16.6. The second kappa shape index (κ2) is 36.3. The molecule has 0 amide bonds. The predicted octanol–water partition coefficient (Wildman–Crippen LogP) is 19.5. The molecule has 438 valence electrons. The number of carbonyl (C=O) groups excluding carboxylic acids is 4. The van der Waals surface area contributed by atoms with E-state index >= 15 is 0 Å². The summed E-state index contributed by atoms with van der Waals surface area (Å²) in [5.41, 5.74) is 5.35. The Labute approximate surface area is 486 Å². The molecule has 7 rings (SSSR count). The van der Waals surface area contributed by atoms with Crippen LogP contribution in [0.1, 0.15) is 271 Å². The molecule has 0 heterocycles. The number of ether oxygens (including phenoxy) is 5. The number of hydrogen-bond donors (Lipinski definition) is 0. The van der Waals surface area contributed by atoms with Gasteiger partial charge in [-0.3, -0.25) is 0 Å². The van der Waals surface area contributed by atoms with E-state index in [4.69, 9.17) is 23.7 Å². The summed E-state index contributed by atoms with van der Waals surface area (Å²) < 4.78 is 28.4. The molecule has 0 bridgehead atoms. The highest BCUT2D eigenvalue weighted by molar-refractivity contribution is 5.92. The van der Waals surface area contributed by atoms with Crippen molar-refractivity contribution < 1.29 is 42.9 Å². The summed E-state index contributed by atoms with van der Waals surface area (Å²) in [6.07, 6.45) is 30.1. The van der Waals surface area contributed by atoms with E-state index in [-0.39, 0.29) is 18.7 Å². The van der Waals surface area contributed by atoms with E-state index in [1.165, 1.54) is 140 Å². The van der Waals surface area contributed by atoms with Crippen LogP contribution in [-0.2, 0) is 14.2 Å². The first-order valence-electron chi connectivity index (χ1n) is 31.5. The SMILES string of the molecule is CCCCCC1CCC(c2ccc(C(=O)OC[C@H](OC(=O)c3ccc(C4CCC(CCCCC)CC4)cc3)c3ccccc3)cc2)CC1.CCCCCCOc1ccc(C(=O)Oc2ccc(C(=O)O[C@@H](C)CCCCCC)cc2)cc1. The van der Waals surface area contributed by atoms with Crippen LogP contribution in [0.5, 0.6) is 11.5 Å². The van der Waals surface area contributed by atoms with Gasteiger partial charge in [0.15, 0.2) is 6.10 Å². The highest BCUT2D eigenvalue weighted by Gasteiger charge is 2.26. The fourth-order valence-electron chi connectivity index (χ4n) is 11.4. The van der Waals surface area contributed by atoms with E-state index in [9.17, 15) is 19.2 Å². The van der Waals surface area contributed by atoms with Crippen LogP contribution in [0.4, 0.5) is 0 Å². The van der Waals surface area contributed by atoms with Crippen molar-refractivity contribution in [2.75, 3.05) is 13.2 Å². The third kappa shape index (κ3) is 22.6. The smallest absolute Gasteiger partial charge is 0.343 e. The highest BCUT2D eigenvalue weighted by atomic mass is 16.6. The van der Waals surface area contributed by atoms with Crippen molar-refractivity contribution >= 4 is 23.9 Å². The monoisotopic (exact) mass is 1100 g/mol. The van der Waals surface area contributed by atoms with E-state index in [1.54, 1.807) is 48.5 Å². The molecule has 9 nitrogen and oxygen atoms in total. The zero-order valence-corrected chi connectivity index (χ0v) is 49.9. The molecule has 0 saturated heterocycles. The van der Waals surface area contributed by atoms with Crippen molar-refractivity contribution in [1.82, 2.24) is 0 Å². The molecule has 0 radical (unpaired) electrons. The van der Waals surface area contributed by atoms with Crippen molar-refractivity contribution in [3.05, 3.63) is 166 Å². The van der Waals surface area contributed by atoms with Crippen molar-refractivity contribution in [1.29, 1.82) is 0 Å². The first-order valence-corrected chi connectivity index (χ1v) is 31.5. The topological polar surface area (TPSA) is 114 Å². The molecule has 5 aromatic carbocycles. The molecular formula is C72H96O9. The normalized spacial score (nSPS) is 17.6. The Morgan fingerprint density at radius 3 is 1.37 bits per heavy atom. The van der Waals surface area contributed by atoms with Crippen LogP contribution in [-0.4, -0.2) is 43.2 Å². The van der Waals surface area contributed by atoms with Crippen LogP contribution in [0.15, 0.2) is 127 Å². The molecule has 0 aliphatic heterocycles. The Morgan fingerprint density at radius 2 is 0.864 bits per heavy atom. The maximum absolute atomic E-state index is 13.3. The van der Waals surface area contributed by atoms with Gasteiger partial charge < -0.3 is 23.7 Å². The van der Waals surface area contributed by atoms with E-state index in [1.807, 2.05) is 61.5 Å². The highest BCUT2D eigenvalue weighted by Crippen LogP contribution is 2.39. The van der Waals surface area contributed by atoms with Crippen LogP contribution in [0, 0.1) is 11.8 Å². The lowest BCUT2D eigenvalue weighted by Gasteiger charge is -2.29. The molecule has 2 fully saturated rings. The fraction of sp³-hybridized carbons (Fsp3) is 0.528. The lowest BCUT2D eigenvalue weighted by atomic mass is 9.77. The summed E-state index contributed by atoms with van der Waals surface area (Å²) in [6.45, 7) is 11.4. The molecule has 2 aliphatic carbocycles. The predicted molar refractivity (Wildman–Crippen MR) is 327 cm³/mol. The lowest BCUT2D eigenvalue weighted by molar-refractivity contribution is -0.00134. The van der Waals surface area contributed by atoms with Gasteiger partial charge in [-0.2, -0.15) is 0 Å². The van der Waals surface area contributed by atoms with Crippen LogP contribution in [0.3, 0.4) is 0 Å². The van der Waals surface area contributed by atoms with Crippen molar-refractivity contribution in [2.45, 2.75) is 219 Å². The van der Waals surface area contributed by atoms with Gasteiger partial charge in [0.1, 0.15) is 18.1 Å². The number of unbranched alkanes of at least 4 members (excludes halogenated alkanes) is 10. The lowest BCUT2D eigenvalue weighted by Crippen LogP contribution is -2.19. The minimum atomic E-state index is -0.697. The molecule has 2 atom stereocenters. The largest absolute Gasteiger partial charge is 0.494 e. The second-order valence-electron chi connectivity index (χ2n) is 23.0. The van der Waals surface area contributed by atoms with Crippen molar-refractivity contribution in [3.8, 4) is 11.5 Å². The number of benzene rings is 5. The third-order valence-corrected chi connectivity index (χ3v) is 16.6. The summed E-state index contributed by atoms with van der Waals surface area (Å²) in [5, 5.41) is 0. The molecule has 0 N–H and O–H groups in total. The standard InChI is InChI=1S/C44H58O4.C28H38O5/c1-3-5-8-12-33-16-20-35(21-17-33)37-24-28-40(29-25-37)43(45)47-32-42(39-14-10-7-11-15-39)48-44(46)41-30-26-38(27-31-41)36-22-18-34(19-23-36)13-9-6-4-2;1-4-6-8-10-12-22(3)32-27(29)23-15-19-26(20-16-23)33-28(30)24-13-17-25(18-14-24)31-21-11-9-7-5-2/h7,10-11,14-15,24-31,33-36,42H,3-6,8-9,12-13,16-23,32H2,1-2H3;13-20,22H,4-12,21H2,1-3H3/t33?,34?,35?,36?,42-;22-/m00/s1. The average molecular weight is 1110 g/mol. The first-order chi connectivity index (χ1) is 39.6. The first kappa shape index (κ1) is 64.0. The number of carbonyl (C=O) groups is 4. The number of esters is 4. The Kier molecular flexibility index (Phi) is 28.7. The van der Waals surface area contributed by atoms with Gasteiger partial charge in [-0.05, 0) is 191 Å². The van der Waals surface area contributed by atoms with Gasteiger partial charge in [-0.15, -0.1) is 0 Å². The van der Waals surface area contributed by atoms with Crippen LogP contribution >= 0.6 is 0 Å². The number of hydrogen-bond acceptors (Lipinski definition) is 9. The maximum Gasteiger partial charge on any atom is 0.343 e. The van der Waals surface area contributed by atoms with Gasteiger partial charge in [-0.25, -0.2) is 19.2 Å². The van der Waals surface area contributed by atoms with Crippen molar-refractivity contribution in [2.24, 2.45) is 11.8 Å². The van der Waals surface area contributed by atoms with E-state index in [0.717, 1.165) is 55.3 Å². The number of rotatable bonds is 31. The Morgan fingerprint density at radius 1 is 0.432 bits per heavy atom. The Bertz CT molecular complexity index is 2540. The molecule has 0 unspecified atom stereocenters. The molecule has 2 saturated carbocycles. The van der Waals surface area contributed by atoms with E-state index in [0.29, 0.717) is 46.4 Å². The molecule has 81 heavy (non-hydrogen) atoms. The summed E-state index contributed by atoms with van der Waals surface area (Å²) in [5.74, 6) is 2.39.